The van der Waals surface area contributed by atoms with E-state index in [-0.39, 0.29) is 11.9 Å². The summed E-state index contributed by atoms with van der Waals surface area (Å²) >= 11 is 0. The molecule has 1 heterocycles. The van der Waals surface area contributed by atoms with E-state index in [0.717, 1.165) is 11.1 Å². The highest BCUT2D eigenvalue weighted by atomic mass is 19.4. The third-order valence-electron chi connectivity index (χ3n) is 4.44. The molecule has 28 heavy (non-hydrogen) atoms. The van der Waals surface area contributed by atoms with E-state index in [1.807, 2.05) is 25.1 Å². The lowest BCUT2D eigenvalue weighted by Crippen LogP contribution is -2.25. The molecular weight excluding hydrogens is 375 g/mol. The zero-order valence-corrected chi connectivity index (χ0v) is 15.8. The highest BCUT2D eigenvalue weighted by Crippen LogP contribution is 2.41. The number of methoxy groups -OCH3 is 2. The summed E-state index contributed by atoms with van der Waals surface area (Å²) in [5, 5.41) is 0. The number of hydrogen-bond donors (Lipinski definition) is 0. The van der Waals surface area contributed by atoms with Crippen molar-refractivity contribution in [2.24, 2.45) is 0 Å². The number of benzene rings is 2. The second kappa shape index (κ2) is 8.28. The first-order valence-electron chi connectivity index (χ1n) is 8.76. The van der Waals surface area contributed by atoms with E-state index < -0.39 is 12.6 Å². The predicted octanol–water partition coefficient (Wildman–Crippen LogP) is 4.52. The quantitative estimate of drug-likeness (QED) is 0.717. The molecule has 2 aromatic carbocycles. The Balaban J connectivity index is 1.82. The maximum absolute atomic E-state index is 12.3. The van der Waals surface area contributed by atoms with Crippen molar-refractivity contribution in [3.05, 3.63) is 53.6 Å². The molecule has 1 saturated heterocycles. The summed E-state index contributed by atoms with van der Waals surface area (Å²) in [5.74, 6) is 1.06. The van der Waals surface area contributed by atoms with Gasteiger partial charge in [0.05, 0.1) is 25.9 Å². The van der Waals surface area contributed by atoms with Crippen molar-refractivity contribution in [2.75, 3.05) is 20.8 Å². The molecule has 0 radical (unpaired) electrons. The van der Waals surface area contributed by atoms with Crippen molar-refractivity contribution in [3.8, 4) is 17.2 Å². The largest absolute Gasteiger partial charge is 0.573 e. The van der Waals surface area contributed by atoms with Gasteiger partial charge in [0.25, 0.3) is 0 Å². The first kappa shape index (κ1) is 20.3. The van der Waals surface area contributed by atoms with Crippen molar-refractivity contribution in [3.63, 3.8) is 0 Å². The molecule has 0 amide bonds. The van der Waals surface area contributed by atoms with Crippen LogP contribution in [-0.4, -0.2) is 38.1 Å². The number of halogens is 3. The predicted molar refractivity (Wildman–Crippen MR) is 96.4 cm³/mol. The second-order valence-electron chi connectivity index (χ2n) is 6.50. The summed E-state index contributed by atoms with van der Waals surface area (Å²) in [6.45, 7) is 3.12. The molecule has 1 unspecified atom stereocenters. The molecule has 0 bridgehead atoms. The molecule has 0 aromatic heterocycles. The van der Waals surface area contributed by atoms with Crippen LogP contribution < -0.4 is 14.2 Å². The Labute approximate surface area is 161 Å². The molecule has 1 aliphatic rings. The highest BCUT2D eigenvalue weighted by molar-refractivity contribution is 5.46. The molecule has 1 aliphatic heterocycles. The Bertz CT molecular complexity index is 773. The van der Waals surface area contributed by atoms with Gasteiger partial charge in [-0.15, -0.1) is 13.2 Å². The number of hydrogen-bond acceptors (Lipinski definition) is 5. The van der Waals surface area contributed by atoms with E-state index in [1.54, 1.807) is 26.4 Å². The van der Waals surface area contributed by atoms with Crippen molar-refractivity contribution < 1.29 is 32.1 Å². The second-order valence-corrected chi connectivity index (χ2v) is 6.50. The van der Waals surface area contributed by atoms with E-state index in [4.69, 9.17) is 14.2 Å². The van der Waals surface area contributed by atoms with E-state index in [9.17, 15) is 13.2 Å². The van der Waals surface area contributed by atoms with Crippen molar-refractivity contribution >= 4 is 0 Å². The van der Waals surface area contributed by atoms with Gasteiger partial charge in [0.2, 0.25) is 0 Å². The molecule has 0 spiro atoms. The number of ether oxygens (including phenoxy) is 4. The Kier molecular flexibility index (Phi) is 6.00. The van der Waals surface area contributed by atoms with E-state index in [0.29, 0.717) is 24.6 Å². The molecule has 8 heteroatoms. The fourth-order valence-corrected chi connectivity index (χ4v) is 3.33. The number of alkyl halides is 3. The SMILES string of the molecule is COc1cccc(OC)c1[C@H]1OC(C)CN1Cc1ccc(OC(F)(F)F)cc1. The zero-order valence-electron chi connectivity index (χ0n) is 15.8. The number of nitrogens with zero attached hydrogens (tertiary/aromatic N) is 1. The van der Waals surface area contributed by atoms with Gasteiger partial charge < -0.3 is 18.9 Å². The Morgan fingerprint density at radius 1 is 1.04 bits per heavy atom. The first-order chi connectivity index (χ1) is 13.3. The van der Waals surface area contributed by atoms with Crippen LogP contribution in [0.4, 0.5) is 13.2 Å². The van der Waals surface area contributed by atoms with Crippen LogP contribution in [0.2, 0.25) is 0 Å². The van der Waals surface area contributed by atoms with Crippen LogP contribution in [0.25, 0.3) is 0 Å². The fourth-order valence-electron chi connectivity index (χ4n) is 3.33. The van der Waals surface area contributed by atoms with Gasteiger partial charge in [-0.25, -0.2) is 0 Å². The minimum Gasteiger partial charge on any atom is -0.496 e. The topological polar surface area (TPSA) is 40.2 Å². The smallest absolute Gasteiger partial charge is 0.496 e. The van der Waals surface area contributed by atoms with E-state index >= 15 is 0 Å². The van der Waals surface area contributed by atoms with Gasteiger partial charge in [0.15, 0.2) is 0 Å². The summed E-state index contributed by atoms with van der Waals surface area (Å²) < 4.78 is 58.0. The van der Waals surface area contributed by atoms with Gasteiger partial charge in [0, 0.05) is 13.1 Å². The molecule has 0 saturated carbocycles. The third-order valence-corrected chi connectivity index (χ3v) is 4.44. The van der Waals surface area contributed by atoms with Gasteiger partial charge in [-0.1, -0.05) is 18.2 Å². The van der Waals surface area contributed by atoms with Crippen LogP contribution in [0, 0.1) is 0 Å². The van der Waals surface area contributed by atoms with E-state index in [1.165, 1.54) is 12.1 Å². The van der Waals surface area contributed by atoms with Crippen molar-refractivity contribution in [1.82, 2.24) is 4.90 Å². The molecule has 152 valence electrons. The highest BCUT2D eigenvalue weighted by Gasteiger charge is 2.36. The molecule has 2 atom stereocenters. The maximum atomic E-state index is 12.3. The monoisotopic (exact) mass is 397 g/mol. The standard InChI is InChI=1S/C20H22F3NO4/c1-13-11-24(12-14-7-9-15(10-8-14)28-20(21,22)23)19(27-13)18-16(25-2)5-4-6-17(18)26-3/h4-10,13,19H,11-12H2,1-3H3/t13?,19-/m1/s1. The molecule has 1 fully saturated rings. The maximum Gasteiger partial charge on any atom is 0.573 e. The van der Waals surface area contributed by atoms with Crippen LogP contribution in [0.3, 0.4) is 0 Å². The van der Waals surface area contributed by atoms with Crippen LogP contribution in [0.1, 0.15) is 24.3 Å². The van der Waals surface area contributed by atoms with Crippen molar-refractivity contribution in [2.45, 2.75) is 32.2 Å². The molecule has 5 nitrogen and oxygen atoms in total. The Morgan fingerprint density at radius 3 is 2.18 bits per heavy atom. The van der Waals surface area contributed by atoms with Crippen LogP contribution in [-0.2, 0) is 11.3 Å². The summed E-state index contributed by atoms with van der Waals surface area (Å²) in [5.41, 5.74) is 1.62. The van der Waals surface area contributed by atoms with Gasteiger partial charge in [0.1, 0.15) is 23.5 Å². The molecule has 3 rings (SSSR count). The lowest BCUT2D eigenvalue weighted by molar-refractivity contribution is -0.274. The molecule has 0 aliphatic carbocycles. The van der Waals surface area contributed by atoms with Crippen molar-refractivity contribution in [1.29, 1.82) is 0 Å². The summed E-state index contributed by atoms with van der Waals surface area (Å²) in [6.07, 6.45) is -5.12. The normalized spacial score (nSPS) is 20.2. The lowest BCUT2D eigenvalue weighted by atomic mass is 10.1. The Morgan fingerprint density at radius 2 is 1.64 bits per heavy atom. The minimum atomic E-state index is -4.70. The lowest BCUT2D eigenvalue weighted by Gasteiger charge is -2.26. The van der Waals surface area contributed by atoms with Crippen LogP contribution in [0.5, 0.6) is 17.2 Å². The zero-order chi connectivity index (χ0) is 20.3. The Hall–Kier alpha value is -2.45. The third kappa shape index (κ3) is 4.69. The summed E-state index contributed by atoms with van der Waals surface area (Å²) in [4.78, 5) is 2.09. The van der Waals surface area contributed by atoms with E-state index in [2.05, 4.69) is 9.64 Å². The average molecular weight is 397 g/mol. The average Bonchev–Trinajstić information content (AvgIpc) is 3.01. The number of rotatable bonds is 6. The fraction of sp³-hybridized carbons (Fsp3) is 0.400. The minimum absolute atomic E-state index is 0.0209. The van der Waals surface area contributed by atoms with Crippen LogP contribution >= 0.6 is 0 Å². The van der Waals surface area contributed by atoms with Gasteiger partial charge in [-0.3, -0.25) is 4.90 Å². The van der Waals surface area contributed by atoms with Gasteiger partial charge in [-0.2, -0.15) is 0 Å². The molecule has 2 aromatic rings. The summed E-state index contributed by atoms with van der Waals surface area (Å²) in [6, 6.07) is 11.4. The molecular formula is C20H22F3NO4. The molecule has 0 N–H and O–H groups in total. The van der Waals surface area contributed by atoms with Crippen LogP contribution in [0.15, 0.2) is 42.5 Å². The first-order valence-corrected chi connectivity index (χ1v) is 8.76. The summed E-state index contributed by atoms with van der Waals surface area (Å²) in [7, 11) is 3.17. The van der Waals surface area contributed by atoms with Gasteiger partial charge in [-0.05, 0) is 36.8 Å². The van der Waals surface area contributed by atoms with Gasteiger partial charge >= 0.3 is 6.36 Å².